The zero-order chi connectivity index (χ0) is 19.0. The summed E-state index contributed by atoms with van der Waals surface area (Å²) in [6.45, 7) is 0.103. The zero-order valence-corrected chi connectivity index (χ0v) is 13.7. The Balaban J connectivity index is 2.72. The summed E-state index contributed by atoms with van der Waals surface area (Å²) >= 11 is 5.80. The van der Waals surface area contributed by atoms with Crippen LogP contribution in [0, 0.1) is 6.92 Å². The smallest absolute Gasteiger partial charge is 0.395 e. The van der Waals surface area contributed by atoms with Crippen LogP contribution in [0.3, 0.4) is 0 Å². The molecule has 1 amide bonds. The number of aryl methyl sites for hydroxylation is 1. The molecule has 1 aromatic heterocycles. The second-order valence-electron chi connectivity index (χ2n) is 5.39. The Morgan fingerprint density at radius 2 is 2.00 bits per heavy atom. The SMILES string of the molecule is Cc1ccc(C(CO)(C(N)=O)C(F)(F)F)cc1-c1cnc(N)c(Cl)n1. The first-order chi connectivity index (χ1) is 11.5. The number of carbonyl (C=O) groups excluding carboxylic acids is 1. The van der Waals surface area contributed by atoms with Gasteiger partial charge >= 0.3 is 6.18 Å². The molecule has 2 aromatic rings. The van der Waals surface area contributed by atoms with E-state index in [4.69, 9.17) is 23.1 Å². The number of anilines is 1. The molecule has 1 unspecified atom stereocenters. The second kappa shape index (κ2) is 6.49. The molecule has 0 aliphatic carbocycles. The lowest BCUT2D eigenvalue weighted by Gasteiger charge is -2.31. The van der Waals surface area contributed by atoms with Gasteiger partial charge in [0.25, 0.3) is 0 Å². The molecule has 10 heteroatoms. The molecule has 0 saturated heterocycles. The Kier molecular flexibility index (Phi) is 4.92. The summed E-state index contributed by atoms with van der Waals surface area (Å²) in [6.07, 6.45) is -3.85. The number of nitrogens with two attached hydrogens (primary N) is 2. The predicted octanol–water partition coefficient (Wildman–Crippen LogP) is 1.97. The Hall–Kier alpha value is -2.39. The molecule has 0 spiro atoms. The summed E-state index contributed by atoms with van der Waals surface area (Å²) < 4.78 is 40.6. The van der Waals surface area contributed by atoms with Crippen LogP contribution in [0.15, 0.2) is 24.4 Å². The Morgan fingerprint density at radius 3 is 2.48 bits per heavy atom. The van der Waals surface area contributed by atoms with E-state index in [-0.39, 0.29) is 22.2 Å². The van der Waals surface area contributed by atoms with Gasteiger partial charge in [0.05, 0.1) is 18.5 Å². The van der Waals surface area contributed by atoms with Crippen LogP contribution in [0.2, 0.25) is 5.15 Å². The van der Waals surface area contributed by atoms with Crippen molar-refractivity contribution in [3.05, 3.63) is 40.7 Å². The molecule has 0 aliphatic heterocycles. The molecule has 25 heavy (non-hydrogen) atoms. The topological polar surface area (TPSA) is 115 Å². The molecule has 0 bridgehead atoms. The number of aliphatic hydroxyl groups is 1. The van der Waals surface area contributed by atoms with Crippen LogP contribution in [0.25, 0.3) is 11.3 Å². The first-order valence-corrected chi connectivity index (χ1v) is 7.29. The van der Waals surface area contributed by atoms with Crippen LogP contribution in [-0.4, -0.2) is 33.8 Å². The number of amides is 1. The quantitative estimate of drug-likeness (QED) is 0.756. The molecule has 0 fully saturated rings. The number of halogens is 4. The van der Waals surface area contributed by atoms with Crippen LogP contribution in [-0.2, 0) is 10.2 Å². The van der Waals surface area contributed by atoms with Crippen LogP contribution in [0.4, 0.5) is 19.0 Å². The number of hydrogen-bond acceptors (Lipinski definition) is 5. The lowest BCUT2D eigenvalue weighted by molar-refractivity contribution is -0.201. The number of aromatic nitrogens is 2. The predicted molar refractivity (Wildman–Crippen MR) is 85.6 cm³/mol. The van der Waals surface area contributed by atoms with E-state index >= 15 is 0 Å². The van der Waals surface area contributed by atoms with Gasteiger partial charge in [0.2, 0.25) is 5.91 Å². The highest BCUT2D eigenvalue weighted by molar-refractivity contribution is 6.31. The van der Waals surface area contributed by atoms with E-state index in [1.165, 1.54) is 12.3 Å². The number of primary amides is 1. The third-order valence-electron chi connectivity index (χ3n) is 3.90. The van der Waals surface area contributed by atoms with Gasteiger partial charge in [0.15, 0.2) is 16.4 Å². The highest BCUT2D eigenvalue weighted by Gasteiger charge is 2.60. The third-order valence-corrected chi connectivity index (χ3v) is 4.18. The van der Waals surface area contributed by atoms with Crippen molar-refractivity contribution in [2.24, 2.45) is 5.73 Å². The fraction of sp³-hybridized carbons (Fsp3) is 0.267. The summed E-state index contributed by atoms with van der Waals surface area (Å²) in [5.74, 6) is -1.74. The number of hydrogen-bond donors (Lipinski definition) is 3. The number of nitrogens with zero attached hydrogens (tertiary/aromatic N) is 2. The van der Waals surface area contributed by atoms with E-state index in [1.807, 2.05) is 0 Å². The first-order valence-electron chi connectivity index (χ1n) is 6.91. The van der Waals surface area contributed by atoms with E-state index in [0.29, 0.717) is 5.56 Å². The molecule has 134 valence electrons. The monoisotopic (exact) mass is 374 g/mol. The largest absolute Gasteiger partial charge is 0.409 e. The van der Waals surface area contributed by atoms with Crippen molar-refractivity contribution in [1.29, 1.82) is 0 Å². The van der Waals surface area contributed by atoms with Crippen LogP contribution >= 0.6 is 11.6 Å². The lowest BCUT2D eigenvalue weighted by atomic mass is 9.78. The zero-order valence-electron chi connectivity index (χ0n) is 12.9. The van der Waals surface area contributed by atoms with E-state index in [9.17, 15) is 23.1 Å². The maximum atomic E-state index is 13.5. The van der Waals surface area contributed by atoms with Crippen LogP contribution in [0.5, 0.6) is 0 Å². The molecule has 5 N–H and O–H groups in total. The van der Waals surface area contributed by atoms with Crippen molar-refractivity contribution < 1.29 is 23.1 Å². The van der Waals surface area contributed by atoms with Gasteiger partial charge in [0.1, 0.15) is 0 Å². The molecule has 1 heterocycles. The highest BCUT2D eigenvalue weighted by Crippen LogP contribution is 2.42. The maximum Gasteiger partial charge on any atom is 0.409 e. The number of aliphatic hydroxyl groups excluding tert-OH is 1. The standard InChI is InChI=1S/C15H14ClF3N4O2/c1-7-2-3-8(14(6-24,13(21)25)15(17,18)19)4-9(7)10-5-22-12(20)11(16)23-10/h2-5,24H,6H2,1H3,(H2,20,22)(H2,21,25). The Bertz CT molecular complexity index is 829. The summed E-state index contributed by atoms with van der Waals surface area (Å²) in [5, 5.41) is 9.25. The third kappa shape index (κ3) is 3.12. The summed E-state index contributed by atoms with van der Waals surface area (Å²) in [5.41, 5.74) is 7.68. The second-order valence-corrected chi connectivity index (χ2v) is 5.74. The Labute approximate surface area is 145 Å². The molecule has 6 nitrogen and oxygen atoms in total. The average Bonchev–Trinajstić information content (AvgIpc) is 2.51. The van der Waals surface area contributed by atoms with E-state index in [2.05, 4.69) is 9.97 Å². The molecule has 1 atom stereocenters. The summed E-state index contributed by atoms with van der Waals surface area (Å²) in [6, 6.07) is 3.52. The number of carbonyl (C=O) groups is 1. The number of alkyl halides is 3. The fourth-order valence-corrected chi connectivity index (χ4v) is 2.51. The van der Waals surface area contributed by atoms with Gasteiger partial charge in [-0.3, -0.25) is 4.79 Å². The van der Waals surface area contributed by atoms with Gasteiger partial charge in [0, 0.05) is 5.56 Å². The lowest BCUT2D eigenvalue weighted by Crippen LogP contribution is -2.55. The molecule has 2 rings (SSSR count). The minimum absolute atomic E-state index is 0.0312. The fourth-order valence-electron chi connectivity index (χ4n) is 2.37. The maximum absolute atomic E-state index is 13.5. The van der Waals surface area contributed by atoms with Crippen LogP contribution in [0.1, 0.15) is 11.1 Å². The summed E-state index contributed by atoms with van der Waals surface area (Å²) in [4.78, 5) is 19.4. The minimum Gasteiger partial charge on any atom is -0.395 e. The molecule has 1 aromatic carbocycles. The van der Waals surface area contributed by atoms with Gasteiger partial charge < -0.3 is 16.6 Å². The van der Waals surface area contributed by atoms with Gasteiger partial charge in [-0.05, 0) is 24.1 Å². The van der Waals surface area contributed by atoms with Gasteiger partial charge in [-0.1, -0.05) is 23.7 Å². The first kappa shape index (κ1) is 18.9. The van der Waals surface area contributed by atoms with Crippen molar-refractivity contribution in [3.63, 3.8) is 0 Å². The normalized spacial score (nSPS) is 14.2. The molecule has 0 aliphatic rings. The summed E-state index contributed by atoms with van der Waals surface area (Å²) in [7, 11) is 0. The van der Waals surface area contributed by atoms with Crippen molar-refractivity contribution in [2.45, 2.75) is 18.5 Å². The van der Waals surface area contributed by atoms with Crippen molar-refractivity contribution in [1.82, 2.24) is 9.97 Å². The van der Waals surface area contributed by atoms with Crippen LogP contribution < -0.4 is 11.5 Å². The van der Waals surface area contributed by atoms with Crippen molar-refractivity contribution in [3.8, 4) is 11.3 Å². The minimum atomic E-state index is -5.09. The van der Waals surface area contributed by atoms with E-state index in [1.54, 1.807) is 6.92 Å². The van der Waals surface area contributed by atoms with Gasteiger partial charge in [-0.25, -0.2) is 9.97 Å². The van der Waals surface area contributed by atoms with Crippen molar-refractivity contribution in [2.75, 3.05) is 12.3 Å². The highest BCUT2D eigenvalue weighted by atomic mass is 35.5. The van der Waals surface area contributed by atoms with Crippen molar-refractivity contribution >= 4 is 23.3 Å². The Morgan fingerprint density at radius 1 is 1.36 bits per heavy atom. The molecule has 0 radical (unpaired) electrons. The average molecular weight is 375 g/mol. The van der Waals surface area contributed by atoms with Gasteiger partial charge in [-0.2, -0.15) is 13.2 Å². The molecular formula is C15H14ClF3N4O2. The molecule has 0 saturated carbocycles. The number of nitrogen functional groups attached to an aromatic ring is 1. The van der Waals surface area contributed by atoms with Gasteiger partial charge in [-0.15, -0.1) is 0 Å². The molecular weight excluding hydrogens is 361 g/mol. The number of benzene rings is 1. The number of rotatable bonds is 4. The van der Waals surface area contributed by atoms with E-state index in [0.717, 1.165) is 12.1 Å². The van der Waals surface area contributed by atoms with E-state index < -0.39 is 29.7 Å².